The second-order valence-electron chi connectivity index (χ2n) is 4.72. The fourth-order valence-corrected chi connectivity index (χ4v) is 2.72. The highest BCUT2D eigenvalue weighted by Crippen LogP contribution is 2.25. The molecule has 0 fully saturated rings. The Labute approximate surface area is 159 Å². The molecule has 0 aliphatic rings. The molecule has 2 aromatic rings. The Morgan fingerprint density at radius 1 is 1.29 bits per heavy atom. The van der Waals surface area contributed by atoms with Crippen LogP contribution in [0.3, 0.4) is 0 Å². The summed E-state index contributed by atoms with van der Waals surface area (Å²) in [6.07, 6.45) is 8.03. The van der Waals surface area contributed by atoms with Crippen LogP contribution in [0, 0.1) is 15.9 Å². The second-order valence-corrected chi connectivity index (χ2v) is 6.28. The van der Waals surface area contributed by atoms with Crippen molar-refractivity contribution >= 4 is 46.2 Å². The monoisotopic (exact) mass is 452 g/mol. The van der Waals surface area contributed by atoms with Crippen LogP contribution in [0.1, 0.15) is 11.1 Å². The second kappa shape index (κ2) is 9.36. The lowest BCUT2D eigenvalue weighted by Gasteiger charge is -2.10. The minimum absolute atomic E-state index is 0.0322. The summed E-state index contributed by atoms with van der Waals surface area (Å²) in [7, 11) is 0. The van der Waals surface area contributed by atoms with E-state index in [9.17, 15) is 4.79 Å². The molecule has 0 spiro atoms. The predicted molar refractivity (Wildman–Crippen MR) is 104 cm³/mol. The van der Waals surface area contributed by atoms with E-state index >= 15 is 0 Å². The van der Waals surface area contributed by atoms with Crippen LogP contribution in [0.4, 0.5) is 0 Å². The Morgan fingerprint density at radius 3 is 2.79 bits per heavy atom. The van der Waals surface area contributed by atoms with Crippen molar-refractivity contribution in [3.63, 3.8) is 0 Å². The fourth-order valence-electron chi connectivity index (χ4n) is 1.83. The van der Waals surface area contributed by atoms with Crippen LogP contribution in [0.15, 0.2) is 48.5 Å². The van der Waals surface area contributed by atoms with Gasteiger partial charge in [-0.05, 0) is 52.4 Å². The average molecular weight is 453 g/mol. The molecule has 0 bridgehead atoms. The van der Waals surface area contributed by atoms with Gasteiger partial charge in [0.1, 0.15) is 12.4 Å². The van der Waals surface area contributed by atoms with Crippen LogP contribution in [0.2, 0.25) is 5.02 Å². The summed E-state index contributed by atoms with van der Waals surface area (Å²) >= 11 is 8.30. The highest BCUT2D eigenvalue weighted by Gasteiger charge is 2.05. The lowest BCUT2D eigenvalue weighted by atomic mass is 10.2. The van der Waals surface area contributed by atoms with E-state index in [1.165, 1.54) is 6.08 Å². The molecule has 0 saturated heterocycles. The molecule has 5 heteroatoms. The lowest BCUT2D eigenvalue weighted by Crippen LogP contribution is -2.00. The van der Waals surface area contributed by atoms with Crippen LogP contribution in [-0.2, 0) is 16.1 Å². The van der Waals surface area contributed by atoms with Gasteiger partial charge in [-0.25, -0.2) is 4.79 Å². The fraction of sp³-hybridized carbons (Fsp3) is 0.105. The Bertz CT molecular complexity index is 793. The summed E-state index contributed by atoms with van der Waals surface area (Å²) < 4.78 is 11.5. The van der Waals surface area contributed by atoms with E-state index in [4.69, 9.17) is 27.5 Å². The van der Waals surface area contributed by atoms with Gasteiger partial charge in [0.2, 0.25) is 0 Å². The van der Waals surface area contributed by atoms with Gasteiger partial charge in [0.15, 0.2) is 6.61 Å². The summed E-state index contributed by atoms with van der Waals surface area (Å²) in [6, 6.07) is 13.2. The van der Waals surface area contributed by atoms with Crippen LogP contribution in [-0.4, -0.2) is 12.6 Å². The number of halogens is 2. The van der Waals surface area contributed by atoms with Gasteiger partial charge < -0.3 is 9.47 Å². The molecule has 2 rings (SSSR count). The van der Waals surface area contributed by atoms with Gasteiger partial charge in [0.05, 0.1) is 3.57 Å². The van der Waals surface area contributed by atoms with Crippen LogP contribution in [0.25, 0.3) is 6.08 Å². The van der Waals surface area contributed by atoms with Crippen molar-refractivity contribution in [1.29, 1.82) is 0 Å². The van der Waals surface area contributed by atoms with E-state index in [-0.39, 0.29) is 6.61 Å². The van der Waals surface area contributed by atoms with Crippen molar-refractivity contribution in [3.05, 3.63) is 68.3 Å². The number of hydrogen-bond donors (Lipinski definition) is 0. The molecule has 3 nitrogen and oxygen atoms in total. The van der Waals surface area contributed by atoms with Crippen molar-refractivity contribution < 1.29 is 14.3 Å². The molecule has 0 amide bonds. The summed E-state index contributed by atoms with van der Waals surface area (Å²) in [5, 5.41) is 0.678. The predicted octanol–water partition coefficient (Wildman–Crippen LogP) is 4.71. The maximum Gasteiger partial charge on any atom is 0.331 e. The van der Waals surface area contributed by atoms with Crippen LogP contribution >= 0.6 is 34.2 Å². The zero-order chi connectivity index (χ0) is 17.4. The van der Waals surface area contributed by atoms with Gasteiger partial charge in [-0.15, -0.1) is 6.42 Å². The summed E-state index contributed by atoms with van der Waals surface area (Å²) in [5.74, 6) is 2.52. The van der Waals surface area contributed by atoms with E-state index in [1.54, 1.807) is 6.08 Å². The van der Waals surface area contributed by atoms with E-state index in [0.717, 1.165) is 20.4 Å². The molecular weight excluding hydrogens is 439 g/mol. The first-order valence-corrected chi connectivity index (χ1v) is 8.50. The number of rotatable bonds is 6. The first-order chi connectivity index (χ1) is 11.6. The molecular formula is C19H14ClIO3. The number of ether oxygens (including phenoxy) is 2. The topological polar surface area (TPSA) is 35.5 Å². The van der Waals surface area contributed by atoms with Crippen molar-refractivity contribution in [3.8, 4) is 18.1 Å². The third-order valence-corrected chi connectivity index (χ3v) is 4.22. The number of esters is 1. The first-order valence-electron chi connectivity index (χ1n) is 7.04. The molecule has 0 N–H and O–H groups in total. The van der Waals surface area contributed by atoms with Gasteiger partial charge in [-0.3, -0.25) is 0 Å². The molecule has 0 heterocycles. The Morgan fingerprint density at radius 2 is 2.08 bits per heavy atom. The molecule has 122 valence electrons. The molecule has 0 unspecified atom stereocenters. The normalized spacial score (nSPS) is 10.4. The zero-order valence-electron chi connectivity index (χ0n) is 12.7. The summed E-state index contributed by atoms with van der Waals surface area (Å²) in [4.78, 5) is 11.4. The number of carbonyl (C=O) groups is 1. The number of hydrogen-bond acceptors (Lipinski definition) is 3. The van der Waals surface area contributed by atoms with Gasteiger partial charge >= 0.3 is 5.97 Å². The molecule has 2 aromatic carbocycles. The maximum atomic E-state index is 11.4. The smallest absolute Gasteiger partial charge is 0.331 e. The highest BCUT2D eigenvalue weighted by atomic mass is 127. The molecule has 24 heavy (non-hydrogen) atoms. The number of benzene rings is 2. The lowest BCUT2D eigenvalue weighted by molar-refractivity contribution is -0.136. The minimum atomic E-state index is -0.470. The quantitative estimate of drug-likeness (QED) is 0.276. The van der Waals surface area contributed by atoms with E-state index in [2.05, 4.69) is 28.5 Å². The minimum Gasteiger partial charge on any atom is -0.488 e. The number of terminal acetylenes is 1. The largest absolute Gasteiger partial charge is 0.488 e. The summed E-state index contributed by atoms with van der Waals surface area (Å²) in [6.45, 7) is 0.360. The third kappa shape index (κ3) is 5.59. The van der Waals surface area contributed by atoms with E-state index < -0.39 is 5.97 Å². The molecule has 0 aliphatic carbocycles. The van der Waals surface area contributed by atoms with Gasteiger partial charge in [-0.1, -0.05) is 41.8 Å². The van der Waals surface area contributed by atoms with Crippen molar-refractivity contribution in [2.45, 2.75) is 6.61 Å². The Balaban J connectivity index is 1.99. The van der Waals surface area contributed by atoms with Crippen LogP contribution in [0.5, 0.6) is 5.75 Å². The van der Waals surface area contributed by atoms with Crippen molar-refractivity contribution in [2.24, 2.45) is 0 Å². The van der Waals surface area contributed by atoms with Crippen molar-refractivity contribution in [1.82, 2.24) is 0 Å². The van der Waals surface area contributed by atoms with Gasteiger partial charge in [0.25, 0.3) is 0 Å². The molecule has 0 saturated carbocycles. The zero-order valence-corrected chi connectivity index (χ0v) is 15.6. The molecule has 0 radical (unpaired) electrons. The van der Waals surface area contributed by atoms with E-state index in [1.807, 2.05) is 42.5 Å². The van der Waals surface area contributed by atoms with Gasteiger partial charge in [0, 0.05) is 16.7 Å². The molecule has 0 aliphatic heterocycles. The van der Waals surface area contributed by atoms with Gasteiger partial charge in [-0.2, -0.15) is 0 Å². The maximum absolute atomic E-state index is 11.4. The number of carbonyl (C=O) groups excluding carboxylic acids is 1. The Hall–Kier alpha value is -1.97. The average Bonchev–Trinajstić information content (AvgIpc) is 2.58. The first kappa shape index (κ1) is 18.4. The molecule has 0 atom stereocenters. The van der Waals surface area contributed by atoms with E-state index in [0.29, 0.717) is 11.6 Å². The summed E-state index contributed by atoms with van der Waals surface area (Å²) in [5.41, 5.74) is 1.79. The standard InChI is InChI=1S/C19H14ClIO3/c1-2-11-23-19(22)10-8-14-7-9-18(17(21)12-14)24-13-15-5-3-4-6-16(15)20/h1,3-10,12H,11,13H2/b10-8+. The van der Waals surface area contributed by atoms with Crippen molar-refractivity contribution in [2.75, 3.05) is 6.61 Å². The Kier molecular flexibility index (Phi) is 7.16. The highest BCUT2D eigenvalue weighted by molar-refractivity contribution is 14.1. The molecule has 0 aromatic heterocycles. The van der Waals surface area contributed by atoms with Crippen LogP contribution < -0.4 is 4.74 Å². The third-order valence-electron chi connectivity index (χ3n) is 3.01. The SMILES string of the molecule is C#CCOC(=O)/C=C/c1ccc(OCc2ccccc2Cl)c(I)c1.